The topological polar surface area (TPSA) is 90.4 Å². The SMILES string of the molecule is CCC1c2nncn2-c2cnc(-n3ccnc3-c3nccc4ccccc34)nc2N1C(C)C. The maximum atomic E-state index is 5.03. The minimum absolute atomic E-state index is 0.0877. The monoisotopic (exact) mass is 437 g/mol. The third kappa shape index (κ3) is 2.92. The smallest absolute Gasteiger partial charge is 0.237 e. The Bertz CT molecular complexity index is 1460. The molecule has 1 aliphatic heterocycles. The van der Waals surface area contributed by atoms with Gasteiger partial charge in [-0.3, -0.25) is 14.1 Å². The number of rotatable bonds is 4. The molecule has 9 heteroatoms. The van der Waals surface area contributed by atoms with Gasteiger partial charge in [0.2, 0.25) is 5.95 Å². The Morgan fingerprint density at radius 2 is 1.88 bits per heavy atom. The number of pyridine rings is 1. The second-order valence-corrected chi connectivity index (χ2v) is 8.36. The van der Waals surface area contributed by atoms with E-state index in [1.165, 1.54) is 0 Å². The van der Waals surface area contributed by atoms with Crippen molar-refractivity contribution in [3.63, 3.8) is 0 Å². The fraction of sp³-hybridized carbons (Fsp3) is 0.250. The van der Waals surface area contributed by atoms with Gasteiger partial charge < -0.3 is 4.90 Å². The van der Waals surface area contributed by atoms with Gasteiger partial charge in [0.1, 0.15) is 17.7 Å². The molecule has 0 saturated carbocycles. The molecule has 5 heterocycles. The Morgan fingerprint density at radius 1 is 1.00 bits per heavy atom. The summed E-state index contributed by atoms with van der Waals surface area (Å²) in [6, 6.07) is 10.5. The van der Waals surface area contributed by atoms with Crippen LogP contribution >= 0.6 is 0 Å². The van der Waals surface area contributed by atoms with E-state index in [-0.39, 0.29) is 12.1 Å². The van der Waals surface area contributed by atoms with Crippen LogP contribution in [0.25, 0.3) is 33.9 Å². The highest BCUT2D eigenvalue weighted by molar-refractivity contribution is 5.93. The summed E-state index contributed by atoms with van der Waals surface area (Å²) in [4.78, 5) is 21.3. The van der Waals surface area contributed by atoms with Crippen molar-refractivity contribution >= 4 is 16.6 Å². The second-order valence-electron chi connectivity index (χ2n) is 8.36. The average Bonchev–Trinajstić information content (AvgIpc) is 3.52. The van der Waals surface area contributed by atoms with E-state index >= 15 is 0 Å². The number of hydrogen-bond donors (Lipinski definition) is 0. The van der Waals surface area contributed by atoms with E-state index in [1.54, 1.807) is 12.5 Å². The first-order valence-electron chi connectivity index (χ1n) is 11.1. The molecule has 0 N–H and O–H groups in total. The van der Waals surface area contributed by atoms with Crippen molar-refractivity contribution in [1.29, 1.82) is 0 Å². The van der Waals surface area contributed by atoms with Gasteiger partial charge in [-0.1, -0.05) is 31.2 Å². The van der Waals surface area contributed by atoms with Crippen molar-refractivity contribution in [1.82, 2.24) is 39.3 Å². The van der Waals surface area contributed by atoms with E-state index in [2.05, 4.69) is 58.0 Å². The summed E-state index contributed by atoms with van der Waals surface area (Å²) >= 11 is 0. The fourth-order valence-corrected chi connectivity index (χ4v) is 4.68. The highest BCUT2D eigenvalue weighted by atomic mass is 15.4. The summed E-state index contributed by atoms with van der Waals surface area (Å²) in [5.74, 6) is 3.03. The van der Waals surface area contributed by atoms with E-state index in [0.717, 1.165) is 40.2 Å². The molecule has 0 aliphatic carbocycles. The van der Waals surface area contributed by atoms with Crippen LogP contribution in [0, 0.1) is 0 Å². The minimum atomic E-state index is 0.0877. The van der Waals surface area contributed by atoms with Crippen molar-refractivity contribution < 1.29 is 0 Å². The molecule has 0 radical (unpaired) electrons. The van der Waals surface area contributed by atoms with Crippen LogP contribution in [-0.4, -0.2) is 45.3 Å². The van der Waals surface area contributed by atoms with Gasteiger partial charge in [0.25, 0.3) is 0 Å². The third-order valence-electron chi connectivity index (χ3n) is 6.13. The minimum Gasteiger partial charge on any atom is -0.342 e. The van der Waals surface area contributed by atoms with Gasteiger partial charge in [-0.15, -0.1) is 10.2 Å². The van der Waals surface area contributed by atoms with Crippen LogP contribution in [0.3, 0.4) is 0 Å². The molecule has 0 amide bonds. The van der Waals surface area contributed by atoms with Gasteiger partial charge in [-0.2, -0.15) is 4.98 Å². The summed E-state index contributed by atoms with van der Waals surface area (Å²) < 4.78 is 3.89. The summed E-state index contributed by atoms with van der Waals surface area (Å²) in [6.07, 6.45) is 9.92. The van der Waals surface area contributed by atoms with E-state index < -0.39 is 0 Å². The van der Waals surface area contributed by atoms with Gasteiger partial charge in [0.05, 0.1) is 12.2 Å². The largest absolute Gasteiger partial charge is 0.342 e. The molecule has 5 aromatic rings. The third-order valence-corrected chi connectivity index (χ3v) is 6.13. The number of nitrogens with zero attached hydrogens (tertiary/aromatic N) is 9. The second kappa shape index (κ2) is 7.47. The molecule has 4 aromatic heterocycles. The molecular weight excluding hydrogens is 414 g/mol. The zero-order chi connectivity index (χ0) is 22.5. The highest BCUT2D eigenvalue weighted by Gasteiger charge is 2.35. The van der Waals surface area contributed by atoms with E-state index in [9.17, 15) is 0 Å². The molecule has 1 atom stereocenters. The van der Waals surface area contributed by atoms with Crippen molar-refractivity contribution in [2.24, 2.45) is 0 Å². The lowest BCUT2D eigenvalue weighted by molar-refractivity contribution is 0.497. The predicted octanol–water partition coefficient (Wildman–Crippen LogP) is 4.14. The Balaban J connectivity index is 1.54. The molecular formula is C24H23N9. The summed E-state index contributed by atoms with van der Waals surface area (Å²) in [6.45, 7) is 6.50. The fourth-order valence-electron chi connectivity index (χ4n) is 4.68. The maximum Gasteiger partial charge on any atom is 0.237 e. The summed E-state index contributed by atoms with van der Waals surface area (Å²) in [7, 11) is 0. The Hall–Kier alpha value is -4.14. The molecule has 1 aromatic carbocycles. The highest BCUT2D eigenvalue weighted by Crippen LogP contribution is 2.39. The van der Waals surface area contributed by atoms with Crippen LogP contribution in [0.5, 0.6) is 0 Å². The normalized spacial score (nSPS) is 15.2. The zero-order valence-corrected chi connectivity index (χ0v) is 18.7. The average molecular weight is 438 g/mol. The molecule has 1 aliphatic rings. The van der Waals surface area contributed by atoms with Crippen LogP contribution in [0.4, 0.5) is 5.82 Å². The lowest BCUT2D eigenvalue weighted by Gasteiger charge is -2.39. The van der Waals surface area contributed by atoms with Crippen LogP contribution in [0.2, 0.25) is 0 Å². The first kappa shape index (κ1) is 19.5. The van der Waals surface area contributed by atoms with Crippen molar-refractivity contribution in [2.45, 2.75) is 39.3 Å². The molecule has 9 nitrogen and oxygen atoms in total. The number of benzene rings is 1. The van der Waals surface area contributed by atoms with Crippen LogP contribution < -0.4 is 4.90 Å². The Morgan fingerprint density at radius 3 is 2.73 bits per heavy atom. The number of fused-ring (bicyclic) bond motifs is 4. The Kier molecular flexibility index (Phi) is 4.42. The van der Waals surface area contributed by atoms with E-state index in [0.29, 0.717) is 11.8 Å². The standard InChI is InChI=1S/C24H23N9/c1-4-18-22-30-28-14-32(22)19-13-27-24(29-21(19)33(18)15(2)3)31-12-11-26-23(31)20-17-8-6-5-7-16(17)9-10-25-20/h5-15,18H,4H2,1-3H3. The van der Waals surface area contributed by atoms with Gasteiger partial charge in [-0.25, -0.2) is 9.97 Å². The van der Waals surface area contributed by atoms with Crippen LogP contribution in [0.15, 0.2) is 61.4 Å². The molecule has 6 rings (SSSR count). The molecule has 1 unspecified atom stereocenters. The zero-order valence-electron chi connectivity index (χ0n) is 18.7. The maximum absolute atomic E-state index is 5.03. The molecule has 0 spiro atoms. The summed E-state index contributed by atoms with van der Waals surface area (Å²) in [5, 5.41) is 10.7. The van der Waals surface area contributed by atoms with E-state index in [4.69, 9.17) is 9.97 Å². The van der Waals surface area contributed by atoms with Crippen LogP contribution in [-0.2, 0) is 0 Å². The van der Waals surface area contributed by atoms with Crippen molar-refractivity contribution in [2.75, 3.05) is 4.90 Å². The quantitative estimate of drug-likeness (QED) is 0.417. The molecule has 0 bridgehead atoms. The molecule has 0 fully saturated rings. The first-order valence-corrected chi connectivity index (χ1v) is 11.1. The molecule has 0 saturated heterocycles. The van der Waals surface area contributed by atoms with Gasteiger partial charge in [-0.05, 0) is 31.7 Å². The van der Waals surface area contributed by atoms with E-state index in [1.807, 2.05) is 45.9 Å². The van der Waals surface area contributed by atoms with Crippen molar-refractivity contribution in [3.05, 3.63) is 67.3 Å². The molecule has 33 heavy (non-hydrogen) atoms. The molecule has 164 valence electrons. The number of anilines is 1. The predicted molar refractivity (Wildman–Crippen MR) is 125 cm³/mol. The lowest BCUT2D eigenvalue weighted by atomic mass is 10.1. The lowest BCUT2D eigenvalue weighted by Crippen LogP contribution is -2.40. The van der Waals surface area contributed by atoms with Crippen LogP contribution in [0.1, 0.15) is 39.1 Å². The van der Waals surface area contributed by atoms with Gasteiger partial charge in [0, 0.05) is 30.0 Å². The number of hydrogen-bond acceptors (Lipinski definition) is 7. The number of imidazole rings is 1. The van der Waals surface area contributed by atoms with Gasteiger partial charge in [0.15, 0.2) is 17.5 Å². The Labute approximate surface area is 190 Å². The first-order chi connectivity index (χ1) is 16.2. The number of aromatic nitrogens is 8. The van der Waals surface area contributed by atoms with Gasteiger partial charge >= 0.3 is 0 Å². The summed E-state index contributed by atoms with van der Waals surface area (Å²) in [5.41, 5.74) is 1.68. The van der Waals surface area contributed by atoms with Crippen molar-refractivity contribution in [3.8, 4) is 23.2 Å².